The highest BCUT2D eigenvalue weighted by Crippen LogP contribution is 2.20. The summed E-state index contributed by atoms with van der Waals surface area (Å²) in [5.74, 6) is 0. The van der Waals surface area contributed by atoms with Crippen LogP contribution in [0.25, 0.3) is 0 Å². The van der Waals surface area contributed by atoms with Gasteiger partial charge < -0.3 is 0 Å². The van der Waals surface area contributed by atoms with Crippen molar-refractivity contribution in [3.05, 3.63) is 0 Å². The molecule has 1 aliphatic rings. The summed E-state index contributed by atoms with van der Waals surface area (Å²) >= 11 is 0. The fourth-order valence-electron chi connectivity index (χ4n) is 1.05. The Labute approximate surface area is 92.6 Å². The van der Waals surface area contributed by atoms with Crippen molar-refractivity contribution in [1.82, 2.24) is 9.80 Å². The van der Waals surface area contributed by atoms with Crippen molar-refractivity contribution in [1.29, 1.82) is 0 Å². The summed E-state index contributed by atoms with van der Waals surface area (Å²) < 4.78 is 57.5. The molecule has 0 amide bonds. The Balaban J connectivity index is 0.000000281. The van der Waals surface area contributed by atoms with E-state index in [0.29, 0.717) is 0 Å². The zero-order valence-electron chi connectivity index (χ0n) is 9.03. The first-order chi connectivity index (χ1) is 7.08. The summed E-state index contributed by atoms with van der Waals surface area (Å²) in [7, 11) is -3.68. The second-order valence-corrected chi connectivity index (χ2v) is 4.77. The maximum Gasteiger partial charge on any atom is 0.522 e. The molecule has 9 heteroatoms. The average Bonchev–Trinajstić information content (AvgIpc) is 2.48. The molecule has 1 saturated heterocycles. The number of hydrogen-bond donors (Lipinski definition) is 1. The molecular weight excluding hydrogens is 249 g/mol. The summed E-state index contributed by atoms with van der Waals surface area (Å²) in [6.45, 7) is 7.07. The number of likely N-dealkylation sites (N-methyl/N-ethyl adjacent to an activating group) is 2. The van der Waals surface area contributed by atoms with Crippen molar-refractivity contribution in [2.24, 2.45) is 0 Å². The molecule has 0 radical (unpaired) electrons. The summed E-state index contributed by atoms with van der Waals surface area (Å²) in [6.07, 6.45) is 0. The lowest BCUT2D eigenvalue weighted by Crippen LogP contribution is -2.22. The van der Waals surface area contributed by atoms with E-state index in [4.69, 9.17) is 13.0 Å². The van der Waals surface area contributed by atoms with Crippen molar-refractivity contribution in [2.75, 3.05) is 33.4 Å². The zero-order chi connectivity index (χ0) is 13.0. The van der Waals surface area contributed by atoms with Gasteiger partial charge in [-0.1, -0.05) is 6.92 Å². The number of halogens is 3. The topological polar surface area (TPSA) is 60.9 Å². The van der Waals surface area contributed by atoms with E-state index in [1.54, 1.807) is 0 Å². The van der Waals surface area contributed by atoms with Gasteiger partial charge in [-0.2, -0.15) is 21.6 Å². The monoisotopic (exact) mass is 264 g/mol. The molecule has 0 atom stereocenters. The number of alkyl halides is 3. The normalized spacial score (nSPS) is 19.4. The van der Waals surface area contributed by atoms with Gasteiger partial charge in [0.1, 0.15) is 0 Å². The highest BCUT2D eigenvalue weighted by Gasteiger charge is 2.44. The van der Waals surface area contributed by atoms with Crippen LogP contribution in [0.15, 0.2) is 0 Å². The Hall–Kier alpha value is -0.380. The average molecular weight is 264 g/mol. The van der Waals surface area contributed by atoms with Crippen LogP contribution in [0.5, 0.6) is 0 Å². The molecule has 1 rings (SSSR count). The van der Waals surface area contributed by atoms with E-state index in [-0.39, 0.29) is 0 Å². The maximum absolute atomic E-state index is 10.7. The van der Waals surface area contributed by atoms with E-state index in [2.05, 4.69) is 23.8 Å². The molecule has 16 heavy (non-hydrogen) atoms. The Kier molecular flexibility index (Phi) is 5.66. The van der Waals surface area contributed by atoms with Gasteiger partial charge >= 0.3 is 15.6 Å². The number of hydrogen-bond acceptors (Lipinski definition) is 4. The SMILES string of the molecule is CCN1CCN(C)C1.O=S(=O)(O)C(F)(F)F. The van der Waals surface area contributed by atoms with Gasteiger partial charge in [0.25, 0.3) is 0 Å². The highest BCUT2D eigenvalue weighted by atomic mass is 32.2. The van der Waals surface area contributed by atoms with Gasteiger partial charge in [-0.3, -0.25) is 14.4 Å². The van der Waals surface area contributed by atoms with Crippen LogP contribution in [0.2, 0.25) is 0 Å². The van der Waals surface area contributed by atoms with Crippen molar-refractivity contribution in [3.8, 4) is 0 Å². The zero-order valence-corrected chi connectivity index (χ0v) is 9.85. The number of nitrogens with zero attached hydrogens (tertiary/aromatic N) is 2. The minimum Gasteiger partial charge on any atom is -0.292 e. The van der Waals surface area contributed by atoms with Crippen molar-refractivity contribution in [2.45, 2.75) is 12.4 Å². The Bertz CT molecular complexity index is 304. The third-order valence-corrected chi connectivity index (χ3v) is 2.56. The third-order valence-electron chi connectivity index (χ3n) is 1.98. The van der Waals surface area contributed by atoms with Crippen LogP contribution in [-0.2, 0) is 10.1 Å². The summed E-state index contributed by atoms with van der Waals surface area (Å²) in [5.41, 5.74) is -5.53. The van der Waals surface area contributed by atoms with E-state index in [0.717, 1.165) is 6.67 Å². The van der Waals surface area contributed by atoms with Crippen LogP contribution in [0.4, 0.5) is 13.2 Å². The number of rotatable bonds is 1. The van der Waals surface area contributed by atoms with Crippen LogP contribution in [0, 0.1) is 0 Å². The van der Waals surface area contributed by atoms with Crippen LogP contribution >= 0.6 is 0 Å². The molecule has 0 unspecified atom stereocenters. The molecule has 0 saturated carbocycles. The molecule has 0 aromatic heterocycles. The Morgan fingerprint density at radius 1 is 1.31 bits per heavy atom. The van der Waals surface area contributed by atoms with Gasteiger partial charge in [0, 0.05) is 13.1 Å². The van der Waals surface area contributed by atoms with Gasteiger partial charge in [0.15, 0.2) is 0 Å². The first kappa shape index (κ1) is 15.6. The molecule has 5 nitrogen and oxygen atoms in total. The fourth-order valence-corrected chi connectivity index (χ4v) is 1.05. The predicted octanol–water partition coefficient (Wildman–Crippen LogP) is 0.605. The molecule has 0 aliphatic carbocycles. The van der Waals surface area contributed by atoms with E-state index in [9.17, 15) is 13.2 Å². The van der Waals surface area contributed by atoms with Crippen LogP contribution in [0.3, 0.4) is 0 Å². The molecule has 1 aliphatic heterocycles. The van der Waals surface area contributed by atoms with Crippen LogP contribution in [0.1, 0.15) is 6.92 Å². The minimum absolute atomic E-state index is 1.16. The molecule has 0 spiro atoms. The lowest BCUT2D eigenvalue weighted by Gasteiger charge is -2.10. The second kappa shape index (κ2) is 5.80. The van der Waals surface area contributed by atoms with E-state index in [1.807, 2.05) is 0 Å². The molecule has 0 aromatic carbocycles. The minimum atomic E-state index is -5.84. The molecular formula is C7H15F3N2O3S. The molecule has 1 heterocycles. The third kappa shape index (κ3) is 5.64. The van der Waals surface area contributed by atoms with Crippen LogP contribution in [-0.4, -0.2) is 61.6 Å². The largest absolute Gasteiger partial charge is 0.522 e. The van der Waals surface area contributed by atoms with Crippen LogP contribution < -0.4 is 0 Å². The molecule has 1 N–H and O–H groups in total. The van der Waals surface area contributed by atoms with Gasteiger partial charge in [-0.05, 0) is 13.6 Å². The smallest absolute Gasteiger partial charge is 0.292 e. The lowest BCUT2D eigenvalue weighted by atomic mass is 10.6. The first-order valence-electron chi connectivity index (χ1n) is 4.52. The molecule has 0 aromatic rings. The Morgan fingerprint density at radius 2 is 1.75 bits per heavy atom. The van der Waals surface area contributed by atoms with Crippen molar-refractivity contribution < 1.29 is 26.1 Å². The van der Waals surface area contributed by atoms with Gasteiger partial charge in [0.2, 0.25) is 0 Å². The predicted molar refractivity (Wildman–Crippen MR) is 52.3 cm³/mol. The van der Waals surface area contributed by atoms with Crippen molar-refractivity contribution >= 4 is 10.1 Å². The summed E-state index contributed by atoms with van der Waals surface area (Å²) in [5, 5.41) is 0. The van der Waals surface area contributed by atoms with Gasteiger partial charge in [0.05, 0.1) is 6.67 Å². The summed E-state index contributed by atoms with van der Waals surface area (Å²) in [6, 6.07) is 0. The Morgan fingerprint density at radius 3 is 1.88 bits per heavy atom. The molecule has 98 valence electrons. The highest BCUT2D eigenvalue weighted by molar-refractivity contribution is 7.86. The fraction of sp³-hybridized carbons (Fsp3) is 1.00. The second-order valence-electron chi connectivity index (χ2n) is 3.35. The maximum atomic E-state index is 10.7. The van der Waals surface area contributed by atoms with E-state index in [1.165, 1.54) is 19.6 Å². The molecule has 0 bridgehead atoms. The summed E-state index contributed by atoms with van der Waals surface area (Å²) in [4.78, 5) is 4.77. The van der Waals surface area contributed by atoms with Gasteiger partial charge in [-0.25, -0.2) is 0 Å². The lowest BCUT2D eigenvalue weighted by molar-refractivity contribution is -0.0510. The molecule has 1 fully saturated rings. The van der Waals surface area contributed by atoms with Gasteiger partial charge in [-0.15, -0.1) is 0 Å². The quantitative estimate of drug-likeness (QED) is 0.555. The van der Waals surface area contributed by atoms with E-state index < -0.39 is 15.6 Å². The van der Waals surface area contributed by atoms with E-state index >= 15 is 0 Å². The first-order valence-corrected chi connectivity index (χ1v) is 5.96. The van der Waals surface area contributed by atoms with Crippen molar-refractivity contribution in [3.63, 3.8) is 0 Å². The standard InChI is InChI=1S/C6H14N2.CHF3O3S/c1-3-8-5-4-7(2)6-8;2-1(3,4)8(5,6)7/h3-6H2,1-2H3;(H,5,6,7).